The Kier molecular flexibility index (Phi) is 3.23. The SMILES string of the molecule is Cc1oc2ccc(C(O)c3ccccc3)cc2c1C(=O)O. The average Bonchev–Trinajstić information content (AvgIpc) is 2.82. The summed E-state index contributed by atoms with van der Waals surface area (Å²) in [5.74, 6) is -0.665. The van der Waals surface area contributed by atoms with E-state index in [1.807, 2.05) is 30.3 Å². The predicted octanol–water partition coefficient (Wildman–Crippen LogP) is 3.52. The summed E-state index contributed by atoms with van der Waals surface area (Å²) in [6.07, 6.45) is -0.799. The van der Waals surface area contributed by atoms with Gasteiger partial charge in [0.1, 0.15) is 23.0 Å². The molecule has 1 atom stereocenters. The lowest BCUT2D eigenvalue weighted by atomic mass is 9.99. The van der Waals surface area contributed by atoms with Crippen molar-refractivity contribution in [3.63, 3.8) is 0 Å². The molecule has 21 heavy (non-hydrogen) atoms. The average molecular weight is 282 g/mol. The molecule has 0 bridgehead atoms. The van der Waals surface area contributed by atoms with Gasteiger partial charge < -0.3 is 14.6 Å². The second kappa shape index (κ2) is 5.07. The van der Waals surface area contributed by atoms with E-state index in [4.69, 9.17) is 4.42 Å². The number of hydrogen-bond donors (Lipinski definition) is 2. The van der Waals surface area contributed by atoms with Crippen LogP contribution in [0.3, 0.4) is 0 Å². The summed E-state index contributed by atoms with van der Waals surface area (Å²) in [5.41, 5.74) is 2.05. The van der Waals surface area contributed by atoms with Gasteiger partial charge in [-0.05, 0) is 30.2 Å². The molecule has 1 aromatic heterocycles. The first-order chi connectivity index (χ1) is 10.1. The van der Waals surface area contributed by atoms with Gasteiger partial charge in [0.25, 0.3) is 0 Å². The largest absolute Gasteiger partial charge is 0.478 e. The molecular weight excluding hydrogens is 268 g/mol. The minimum absolute atomic E-state index is 0.145. The molecule has 0 spiro atoms. The zero-order chi connectivity index (χ0) is 15.0. The number of carboxylic acids is 1. The van der Waals surface area contributed by atoms with E-state index in [1.54, 1.807) is 25.1 Å². The van der Waals surface area contributed by atoms with Crippen LogP contribution in [0, 0.1) is 6.92 Å². The van der Waals surface area contributed by atoms with E-state index >= 15 is 0 Å². The summed E-state index contributed by atoms with van der Waals surface area (Å²) in [5, 5.41) is 20.2. The molecule has 106 valence electrons. The first kappa shape index (κ1) is 13.4. The van der Waals surface area contributed by atoms with Crippen molar-refractivity contribution in [2.75, 3.05) is 0 Å². The molecule has 0 aliphatic heterocycles. The molecule has 0 saturated carbocycles. The van der Waals surface area contributed by atoms with E-state index in [0.29, 0.717) is 22.3 Å². The van der Waals surface area contributed by atoms with Crippen molar-refractivity contribution in [2.45, 2.75) is 13.0 Å². The van der Waals surface area contributed by atoms with Crippen LogP contribution in [0.15, 0.2) is 52.9 Å². The number of carbonyl (C=O) groups is 1. The van der Waals surface area contributed by atoms with Gasteiger partial charge in [0, 0.05) is 5.39 Å². The van der Waals surface area contributed by atoms with Crippen molar-refractivity contribution in [2.24, 2.45) is 0 Å². The van der Waals surface area contributed by atoms with Crippen molar-refractivity contribution < 1.29 is 19.4 Å². The molecule has 3 rings (SSSR count). The lowest BCUT2D eigenvalue weighted by molar-refractivity contribution is 0.0697. The highest BCUT2D eigenvalue weighted by Crippen LogP contribution is 2.30. The van der Waals surface area contributed by atoms with Gasteiger partial charge in [-0.25, -0.2) is 4.79 Å². The zero-order valence-electron chi connectivity index (χ0n) is 11.4. The van der Waals surface area contributed by atoms with E-state index in [0.717, 1.165) is 5.56 Å². The third kappa shape index (κ3) is 2.30. The van der Waals surface area contributed by atoms with Gasteiger partial charge in [0.15, 0.2) is 0 Å². The van der Waals surface area contributed by atoms with Gasteiger partial charge in [0.05, 0.1) is 0 Å². The highest BCUT2D eigenvalue weighted by atomic mass is 16.4. The summed E-state index contributed by atoms with van der Waals surface area (Å²) < 4.78 is 5.44. The van der Waals surface area contributed by atoms with E-state index in [2.05, 4.69) is 0 Å². The van der Waals surface area contributed by atoms with Gasteiger partial charge >= 0.3 is 5.97 Å². The van der Waals surface area contributed by atoms with Crippen molar-refractivity contribution in [1.82, 2.24) is 0 Å². The maximum Gasteiger partial charge on any atom is 0.339 e. The molecular formula is C17H14O4. The number of aliphatic hydroxyl groups excluding tert-OH is 1. The second-order valence-corrected chi connectivity index (χ2v) is 4.91. The monoisotopic (exact) mass is 282 g/mol. The molecule has 0 radical (unpaired) electrons. The van der Waals surface area contributed by atoms with Crippen LogP contribution in [-0.4, -0.2) is 16.2 Å². The number of furan rings is 1. The van der Waals surface area contributed by atoms with E-state index in [9.17, 15) is 15.0 Å². The van der Waals surface area contributed by atoms with Crippen molar-refractivity contribution in [3.8, 4) is 0 Å². The van der Waals surface area contributed by atoms with Gasteiger partial charge in [-0.3, -0.25) is 0 Å². The number of aliphatic hydroxyl groups is 1. The summed E-state index contributed by atoms with van der Waals surface area (Å²) in [4.78, 5) is 11.3. The molecule has 3 aromatic rings. The van der Waals surface area contributed by atoms with Gasteiger partial charge in [-0.2, -0.15) is 0 Å². The normalized spacial score (nSPS) is 12.5. The fourth-order valence-corrected chi connectivity index (χ4v) is 2.50. The van der Waals surface area contributed by atoms with Crippen LogP contribution in [0.25, 0.3) is 11.0 Å². The maximum absolute atomic E-state index is 11.3. The van der Waals surface area contributed by atoms with Crippen molar-refractivity contribution in [3.05, 3.63) is 71.0 Å². The number of fused-ring (bicyclic) bond motifs is 1. The summed E-state index contributed by atoms with van der Waals surface area (Å²) in [7, 11) is 0. The number of benzene rings is 2. The Morgan fingerprint density at radius 1 is 1.10 bits per heavy atom. The van der Waals surface area contributed by atoms with Gasteiger partial charge in [-0.15, -0.1) is 0 Å². The van der Waals surface area contributed by atoms with Crippen LogP contribution in [-0.2, 0) is 0 Å². The van der Waals surface area contributed by atoms with E-state index in [-0.39, 0.29) is 5.56 Å². The minimum atomic E-state index is -1.03. The van der Waals surface area contributed by atoms with Crippen LogP contribution in [0.1, 0.15) is 33.3 Å². The zero-order valence-corrected chi connectivity index (χ0v) is 11.4. The number of aryl methyl sites for hydroxylation is 1. The topological polar surface area (TPSA) is 70.7 Å². The fraction of sp³-hybridized carbons (Fsp3) is 0.118. The second-order valence-electron chi connectivity index (χ2n) is 4.91. The minimum Gasteiger partial charge on any atom is -0.478 e. The lowest BCUT2D eigenvalue weighted by Crippen LogP contribution is -2.00. The number of hydrogen-bond acceptors (Lipinski definition) is 3. The Hall–Kier alpha value is -2.59. The first-order valence-corrected chi connectivity index (χ1v) is 6.57. The smallest absolute Gasteiger partial charge is 0.339 e. The maximum atomic E-state index is 11.3. The first-order valence-electron chi connectivity index (χ1n) is 6.57. The van der Waals surface area contributed by atoms with Gasteiger partial charge in [0.2, 0.25) is 0 Å². The molecule has 2 N–H and O–H groups in total. The highest BCUT2D eigenvalue weighted by molar-refractivity contribution is 6.03. The van der Waals surface area contributed by atoms with E-state index < -0.39 is 12.1 Å². The molecule has 2 aromatic carbocycles. The Balaban J connectivity index is 2.13. The highest BCUT2D eigenvalue weighted by Gasteiger charge is 2.19. The molecule has 0 amide bonds. The Morgan fingerprint density at radius 3 is 2.48 bits per heavy atom. The molecule has 0 aliphatic carbocycles. The molecule has 0 aliphatic rings. The standard InChI is InChI=1S/C17H14O4/c1-10-15(17(19)20)13-9-12(7-8-14(13)21-10)16(18)11-5-3-2-4-6-11/h2-9,16,18H,1H3,(H,19,20). The van der Waals surface area contributed by atoms with Crippen LogP contribution < -0.4 is 0 Å². The number of carboxylic acid groups (broad SMARTS) is 1. The molecule has 4 nitrogen and oxygen atoms in total. The van der Waals surface area contributed by atoms with E-state index in [1.165, 1.54) is 0 Å². The fourth-order valence-electron chi connectivity index (χ4n) is 2.50. The Morgan fingerprint density at radius 2 is 1.81 bits per heavy atom. The summed E-state index contributed by atoms with van der Waals surface area (Å²) >= 11 is 0. The Bertz CT molecular complexity index is 802. The molecule has 4 heteroatoms. The number of rotatable bonds is 3. The third-order valence-corrected chi connectivity index (χ3v) is 3.53. The van der Waals surface area contributed by atoms with Crippen LogP contribution in [0.5, 0.6) is 0 Å². The Labute approximate surface area is 121 Å². The van der Waals surface area contributed by atoms with Crippen LogP contribution in [0.2, 0.25) is 0 Å². The molecule has 1 heterocycles. The quantitative estimate of drug-likeness (QED) is 0.771. The number of aromatic carboxylic acids is 1. The summed E-state index contributed by atoms with van der Waals surface area (Å²) in [6, 6.07) is 14.3. The lowest BCUT2D eigenvalue weighted by Gasteiger charge is -2.11. The predicted molar refractivity (Wildman–Crippen MR) is 78.4 cm³/mol. The van der Waals surface area contributed by atoms with Crippen LogP contribution >= 0.6 is 0 Å². The van der Waals surface area contributed by atoms with Gasteiger partial charge in [-0.1, -0.05) is 36.4 Å². The molecule has 0 fully saturated rings. The van der Waals surface area contributed by atoms with Crippen LogP contribution in [0.4, 0.5) is 0 Å². The molecule has 0 saturated heterocycles. The third-order valence-electron chi connectivity index (χ3n) is 3.53. The van der Waals surface area contributed by atoms with Crippen molar-refractivity contribution >= 4 is 16.9 Å². The van der Waals surface area contributed by atoms with Crippen molar-refractivity contribution in [1.29, 1.82) is 0 Å². The molecule has 1 unspecified atom stereocenters. The summed E-state index contributed by atoms with van der Waals surface area (Å²) in [6.45, 7) is 1.62.